The molecule has 8 nitrogen and oxygen atoms in total. The number of anilines is 1. The SMILES string of the molecule is NS(=O)(=O)CCN=C1Cc2c(/C(Cc3cccc(Br)c3)=N/O)ccnc2N1. The molecule has 0 bridgehead atoms. The summed E-state index contributed by atoms with van der Waals surface area (Å²) in [4.78, 5) is 8.53. The quantitative estimate of drug-likeness (QED) is 0.350. The molecule has 10 heteroatoms. The Hall–Kier alpha value is -2.30. The zero-order valence-electron chi connectivity index (χ0n) is 14.3. The monoisotopic (exact) mass is 451 g/mol. The van der Waals surface area contributed by atoms with Gasteiger partial charge in [-0.1, -0.05) is 33.2 Å². The van der Waals surface area contributed by atoms with E-state index in [-0.39, 0.29) is 12.3 Å². The predicted octanol–water partition coefficient (Wildman–Crippen LogP) is 1.92. The minimum absolute atomic E-state index is 0.0729. The number of primary sulfonamides is 1. The van der Waals surface area contributed by atoms with Gasteiger partial charge in [0.15, 0.2) is 0 Å². The molecule has 0 unspecified atom stereocenters. The van der Waals surface area contributed by atoms with Crippen LogP contribution < -0.4 is 10.5 Å². The van der Waals surface area contributed by atoms with Crippen molar-refractivity contribution in [2.24, 2.45) is 15.3 Å². The number of amidine groups is 1. The van der Waals surface area contributed by atoms with Gasteiger partial charge < -0.3 is 10.5 Å². The van der Waals surface area contributed by atoms with Crippen LogP contribution in [0.15, 0.2) is 51.1 Å². The Morgan fingerprint density at radius 3 is 2.89 bits per heavy atom. The summed E-state index contributed by atoms with van der Waals surface area (Å²) in [6.45, 7) is 0.0729. The van der Waals surface area contributed by atoms with E-state index in [1.807, 2.05) is 24.3 Å². The second-order valence-corrected chi connectivity index (χ2v) is 8.69. The van der Waals surface area contributed by atoms with Crippen LogP contribution >= 0.6 is 15.9 Å². The van der Waals surface area contributed by atoms with E-state index in [0.717, 1.165) is 21.2 Å². The maximum Gasteiger partial charge on any atom is 0.210 e. The van der Waals surface area contributed by atoms with Gasteiger partial charge in [0.1, 0.15) is 11.7 Å². The normalized spacial score (nSPS) is 15.6. The van der Waals surface area contributed by atoms with Gasteiger partial charge in [0.25, 0.3) is 0 Å². The molecule has 2 heterocycles. The topological polar surface area (TPSA) is 130 Å². The molecule has 1 aromatic carbocycles. The van der Waals surface area contributed by atoms with Crippen molar-refractivity contribution in [1.29, 1.82) is 0 Å². The fourth-order valence-electron chi connectivity index (χ4n) is 2.83. The lowest BCUT2D eigenvalue weighted by Gasteiger charge is -2.09. The Balaban J connectivity index is 1.81. The van der Waals surface area contributed by atoms with E-state index in [1.165, 1.54) is 0 Å². The first-order valence-corrected chi connectivity index (χ1v) is 10.6. The number of aromatic nitrogens is 1. The molecular weight excluding hydrogens is 434 g/mol. The second-order valence-electron chi connectivity index (χ2n) is 6.04. The van der Waals surface area contributed by atoms with Gasteiger partial charge in [-0.2, -0.15) is 0 Å². The van der Waals surface area contributed by atoms with E-state index in [9.17, 15) is 13.6 Å². The summed E-state index contributed by atoms with van der Waals surface area (Å²) in [6.07, 6.45) is 2.52. The molecule has 0 saturated heterocycles. The fraction of sp³-hybridized carbons (Fsp3) is 0.235. The Bertz CT molecular complexity index is 1020. The molecule has 1 aromatic heterocycles. The second kappa shape index (κ2) is 8.15. The lowest BCUT2D eigenvalue weighted by Crippen LogP contribution is -2.19. The number of sulfonamides is 1. The third-order valence-electron chi connectivity index (χ3n) is 4.03. The van der Waals surface area contributed by atoms with Crippen LogP contribution in [0.2, 0.25) is 0 Å². The Morgan fingerprint density at radius 2 is 2.19 bits per heavy atom. The van der Waals surface area contributed by atoms with Crippen molar-refractivity contribution in [2.45, 2.75) is 12.8 Å². The van der Waals surface area contributed by atoms with Gasteiger partial charge in [0, 0.05) is 34.6 Å². The largest absolute Gasteiger partial charge is 0.411 e. The number of hydrogen-bond donors (Lipinski definition) is 3. The first kappa shape index (κ1) is 19.5. The number of oxime groups is 1. The lowest BCUT2D eigenvalue weighted by molar-refractivity contribution is 0.318. The Morgan fingerprint density at radius 1 is 1.37 bits per heavy atom. The molecule has 142 valence electrons. The number of aliphatic imine (C=N–C) groups is 1. The molecule has 0 atom stereocenters. The summed E-state index contributed by atoms with van der Waals surface area (Å²) < 4.78 is 23.0. The minimum Gasteiger partial charge on any atom is -0.411 e. The summed E-state index contributed by atoms with van der Waals surface area (Å²) in [5.74, 6) is 1.01. The average molecular weight is 452 g/mol. The number of fused-ring (bicyclic) bond motifs is 1. The number of nitrogens with two attached hydrogens (primary N) is 1. The van der Waals surface area contributed by atoms with Crippen molar-refractivity contribution in [3.8, 4) is 0 Å². The van der Waals surface area contributed by atoms with Gasteiger partial charge in [-0.3, -0.25) is 4.99 Å². The van der Waals surface area contributed by atoms with E-state index < -0.39 is 10.0 Å². The number of benzene rings is 1. The highest BCUT2D eigenvalue weighted by molar-refractivity contribution is 9.10. The Labute approximate surface area is 165 Å². The highest BCUT2D eigenvalue weighted by Crippen LogP contribution is 2.26. The number of pyridine rings is 1. The van der Waals surface area contributed by atoms with Crippen molar-refractivity contribution in [1.82, 2.24) is 4.98 Å². The van der Waals surface area contributed by atoms with Gasteiger partial charge in [0.2, 0.25) is 10.0 Å². The summed E-state index contributed by atoms with van der Waals surface area (Å²) in [5, 5.41) is 21.1. The standard InChI is InChI=1S/C17H18BrN5O3S/c18-12-3-1-2-11(8-12)9-15(23-24)13-4-5-21-17-14(13)10-16(22-17)20-6-7-27(19,25)26/h1-5,8,24H,6-7,9-10H2,(H2,19,25,26)(H,20,21,22)/b23-15+. The highest BCUT2D eigenvalue weighted by Gasteiger charge is 2.23. The lowest BCUT2D eigenvalue weighted by atomic mass is 9.98. The van der Waals surface area contributed by atoms with Gasteiger partial charge >= 0.3 is 0 Å². The molecule has 0 spiro atoms. The van der Waals surface area contributed by atoms with Crippen LogP contribution in [0.5, 0.6) is 0 Å². The molecule has 4 N–H and O–H groups in total. The number of halogens is 1. The van der Waals surface area contributed by atoms with Crippen molar-refractivity contribution >= 4 is 43.3 Å². The van der Waals surface area contributed by atoms with E-state index in [0.29, 0.717) is 30.2 Å². The first-order valence-electron chi connectivity index (χ1n) is 8.10. The zero-order valence-corrected chi connectivity index (χ0v) is 16.7. The van der Waals surface area contributed by atoms with Crippen LogP contribution in [0.25, 0.3) is 0 Å². The maximum atomic E-state index is 11.0. The first-order chi connectivity index (χ1) is 12.9. The summed E-state index contributed by atoms with van der Waals surface area (Å²) in [6, 6.07) is 9.56. The molecule has 0 aliphatic carbocycles. The third-order valence-corrected chi connectivity index (χ3v) is 5.28. The maximum absolute atomic E-state index is 11.0. The molecule has 0 fully saturated rings. The summed E-state index contributed by atoms with van der Waals surface area (Å²) in [5.41, 5.74) is 3.14. The fourth-order valence-corrected chi connectivity index (χ4v) is 3.62. The van der Waals surface area contributed by atoms with Crippen LogP contribution in [-0.2, 0) is 22.9 Å². The Kier molecular flexibility index (Phi) is 5.88. The van der Waals surface area contributed by atoms with Crippen LogP contribution in [0.3, 0.4) is 0 Å². The molecular formula is C17H18BrN5O3S. The molecule has 0 saturated carbocycles. The van der Waals surface area contributed by atoms with E-state index >= 15 is 0 Å². The van der Waals surface area contributed by atoms with Crippen molar-refractivity contribution in [2.75, 3.05) is 17.6 Å². The van der Waals surface area contributed by atoms with Gasteiger partial charge in [0.05, 0.1) is 18.0 Å². The van der Waals surface area contributed by atoms with Crippen LogP contribution in [0, 0.1) is 0 Å². The number of nitrogens with one attached hydrogen (secondary N) is 1. The van der Waals surface area contributed by atoms with Crippen molar-refractivity contribution in [3.63, 3.8) is 0 Å². The van der Waals surface area contributed by atoms with Crippen LogP contribution in [0.1, 0.15) is 16.7 Å². The molecule has 0 amide bonds. The number of hydrogen-bond acceptors (Lipinski definition) is 6. The third kappa shape index (κ3) is 5.12. The van der Waals surface area contributed by atoms with Crippen LogP contribution in [-0.4, -0.2) is 42.5 Å². The van der Waals surface area contributed by atoms with Crippen molar-refractivity contribution in [3.05, 3.63) is 57.7 Å². The van der Waals surface area contributed by atoms with Gasteiger partial charge in [-0.25, -0.2) is 18.5 Å². The highest BCUT2D eigenvalue weighted by atomic mass is 79.9. The van der Waals surface area contributed by atoms with E-state index in [4.69, 9.17) is 5.14 Å². The summed E-state index contributed by atoms with van der Waals surface area (Å²) in [7, 11) is -3.55. The van der Waals surface area contributed by atoms with E-state index in [1.54, 1.807) is 12.3 Å². The molecule has 0 radical (unpaired) electrons. The van der Waals surface area contributed by atoms with Crippen molar-refractivity contribution < 1.29 is 13.6 Å². The molecule has 3 rings (SSSR count). The van der Waals surface area contributed by atoms with Gasteiger partial charge in [-0.15, -0.1) is 0 Å². The number of nitrogens with zero attached hydrogens (tertiary/aromatic N) is 3. The molecule has 1 aliphatic heterocycles. The van der Waals surface area contributed by atoms with Gasteiger partial charge in [-0.05, 0) is 23.8 Å². The van der Waals surface area contributed by atoms with Crippen LogP contribution in [0.4, 0.5) is 5.82 Å². The predicted molar refractivity (Wildman–Crippen MR) is 108 cm³/mol. The smallest absolute Gasteiger partial charge is 0.210 e. The average Bonchev–Trinajstić information content (AvgIpc) is 3.01. The molecule has 1 aliphatic rings. The molecule has 27 heavy (non-hydrogen) atoms. The van der Waals surface area contributed by atoms with E-state index in [2.05, 4.69) is 36.4 Å². The molecule has 2 aromatic rings. The minimum atomic E-state index is -3.55. The zero-order chi connectivity index (χ0) is 19.4. The summed E-state index contributed by atoms with van der Waals surface area (Å²) >= 11 is 3.44. The number of rotatable bonds is 6.